The smallest absolute Gasteiger partial charge is 0.267 e. The van der Waals surface area contributed by atoms with Crippen LogP contribution in [0.1, 0.15) is 35.8 Å². The molecule has 25 heavy (non-hydrogen) atoms. The number of amides is 1. The van der Waals surface area contributed by atoms with E-state index in [0.29, 0.717) is 11.7 Å². The van der Waals surface area contributed by atoms with Crippen molar-refractivity contribution in [3.63, 3.8) is 0 Å². The summed E-state index contributed by atoms with van der Waals surface area (Å²) in [5.74, 6) is 1.35. The zero-order valence-corrected chi connectivity index (χ0v) is 15.3. The van der Waals surface area contributed by atoms with Gasteiger partial charge in [0.1, 0.15) is 11.3 Å². The van der Waals surface area contributed by atoms with Crippen LogP contribution in [0.3, 0.4) is 0 Å². The van der Waals surface area contributed by atoms with E-state index in [4.69, 9.17) is 4.74 Å². The highest BCUT2D eigenvalue weighted by Crippen LogP contribution is 2.25. The van der Waals surface area contributed by atoms with E-state index >= 15 is 0 Å². The Morgan fingerprint density at radius 2 is 2.04 bits per heavy atom. The van der Waals surface area contributed by atoms with Gasteiger partial charge in [-0.05, 0) is 23.6 Å². The van der Waals surface area contributed by atoms with Crippen LogP contribution in [-0.4, -0.2) is 28.3 Å². The third-order valence-electron chi connectivity index (χ3n) is 4.23. The van der Waals surface area contributed by atoms with Gasteiger partial charge in [0.2, 0.25) is 0 Å². The number of aromatic nitrogens is 2. The number of carbonyl (C=O) groups is 1. The zero-order chi connectivity index (χ0) is 18.0. The molecule has 6 nitrogen and oxygen atoms in total. The Balaban J connectivity index is 1.85. The topological polar surface area (TPSA) is 73.2 Å². The minimum Gasteiger partial charge on any atom is -0.497 e. The van der Waals surface area contributed by atoms with Gasteiger partial charge in [0.25, 0.3) is 11.5 Å². The minimum absolute atomic E-state index is 0.0883. The van der Waals surface area contributed by atoms with Gasteiger partial charge in [-0.3, -0.25) is 14.2 Å². The molecule has 1 aromatic carbocycles. The highest BCUT2D eigenvalue weighted by molar-refractivity contribution is 7.99. The van der Waals surface area contributed by atoms with Gasteiger partial charge in [0.15, 0.2) is 5.16 Å². The summed E-state index contributed by atoms with van der Waals surface area (Å²) in [6.07, 6.45) is 1.38. The fourth-order valence-electron chi connectivity index (χ4n) is 2.84. The van der Waals surface area contributed by atoms with Crippen molar-refractivity contribution in [2.24, 2.45) is 5.92 Å². The maximum Gasteiger partial charge on any atom is 0.267 e. The first-order valence-electron chi connectivity index (χ1n) is 8.18. The third kappa shape index (κ3) is 3.56. The van der Waals surface area contributed by atoms with E-state index in [0.717, 1.165) is 17.1 Å². The average Bonchev–Trinajstić information content (AvgIpc) is 3.09. The minimum atomic E-state index is -0.390. The molecule has 1 aromatic heterocycles. The second kappa shape index (κ2) is 7.31. The number of thioether (sulfide) groups is 1. The highest BCUT2D eigenvalue weighted by atomic mass is 32.2. The lowest BCUT2D eigenvalue weighted by Crippen LogP contribution is -2.37. The first-order chi connectivity index (χ1) is 12.0. The van der Waals surface area contributed by atoms with Gasteiger partial charge in [-0.15, -0.1) is 0 Å². The van der Waals surface area contributed by atoms with Crippen molar-refractivity contribution in [2.45, 2.75) is 31.6 Å². The van der Waals surface area contributed by atoms with Crippen molar-refractivity contribution >= 4 is 17.7 Å². The SMILES string of the molecule is COc1ccc(C(NC(=O)c2cnc3n(c2=O)CCS3)C(C)C)cc1. The van der Waals surface area contributed by atoms with Crippen molar-refractivity contribution in [3.05, 3.63) is 51.9 Å². The van der Waals surface area contributed by atoms with Gasteiger partial charge < -0.3 is 10.1 Å². The molecule has 7 heteroatoms. The Bertz CT molecular complexity index is 830. The number of fused-ring (bicyclic) bond motifs is 1. The van der Waals surface area contributed by atoms with E-state index in [1.165, 1.54) is 18.0 Å². The first kappa shape index (κ1) is 17.5. The molecule has 1 amide bonds. The molecule has 0 radical (unpaired) electrons. The number of methoxy groups -OCH3 is 1. The van der Waals surface area contributed by atoms with Crippen molar-refractivity contribution in [2.75, 3.05) is 12.9 Å². The number of hydrogen-bond donors (Lipinski definition) is 1. The number of ether oxygens (including phenoxy) is 1. The van der Waals surface area contributed by atoms with Crippen LogP contribution in [0.5, 0.6) is 5.75 Å². The second-order valence-corrected chi connectivity index (χ2v) is 7.29. The normalized spacial score (nSPS) is 14.2. The molecule has 132 valence electrons. The fraction of sp³-hybridized carbons (Fsp3) is 0.389. The number of carbonyl (C=O) groups excluding carboxylic acids is 1. The zero-order valence-electron chi connectivity index (χ0n) is 14.5. The van der Waals surface area contributed by atoms with Gasteiger partial charge in [-0.25, -0.2) is 4.98 Å². The van der Waals surface area contributed by atoms with E-state index in [-0.39, 0.29) is 29.0 Å². The maximum atomic E-state index is 12.7. The van der Waals surface area contributed by atoms with Crippen LogP contribution in [-0.2, 0) is 6.54 Å². The molecule has 2 heterocycles. The summed E-state index contributed by atoms with van der Waals surface area (Å²) in [7, 11) is 1.61. The molecule has 0 bridgehead atoms. The lowest BCUT2D eigenvalue weighted by Gasteiger charge is -2.23. The van der Waals surface area contributed by atoms with Crippen molar-refractivity contribution < 1.29 is 9.53 Å². The fourth-order valence-corrected chi connectivity index (χ4v) is 3.75. The quantitative estimate of drug-likeness (QED) is 0.831. The predicted molar refractivity (Wildman–Crippen MR) is 97.3 cm³/mol. The van der Waals surface area contributed by atoms with E-state index in [2.05, 4.69) is 10.3 Å². The largest absolute Gasteiger partial charge is 0.497 e. The van der Waals surface area contributed by atoms with Crippen LogP contribution in [0.4, 0.5) is 0 Å². The molecule has 3 rings (SSSR count). The Labute approximate surface area is 150 Å². The summed E-state index contributed by atoms with van der Waals surface area (Å²) in [6.45, 7) is 4.65. The molecule has 0 spiro atoms. The summed E-state index contributed by atoms with van der Waals surface area (Å²) in [5, 5.41) is 3.66. The summed E-state index contributed by atoms with van der Waals surface area (Å²) in [5.41, 5.74) is 0.782. The molecule has 1 atom stereocenters. The molecular weight excluding hydrogens is 338 g/mol. The number of hydrogen-bond acceptors (Lipinski definition) is 5. The van der Waals surface area contributed by atoms with Crippen LogP contribution in [0.15, 0.2) is 40.4 Å². The van der Waals surface area contributed by atoms with Crippen LogP contribution in [0.25, 0.3) is 0 Å². The van der Waals surface area contributed by atoms with Gasteiger partial charge in [-0.1, -0.05) is 37.7 Å². The third-order valence-corrected chi connectivity index (χ3v) is 5.20. The van der Waals surface area contributed by atoms with Crippen molar-refractivity contribution in [1.29, 1.82) is 0 Å². The first-order valence-corrected chi connectivity index (χ1v) is 9.17. The van der Waals surface area contributed by atoms with E-state index in [9.17, 15) is 9.59 Å². The molecule has 2 aromatic rings. The lowest BCUT2D eigenvalue weighted by molar-refractivity contribution is 0.0922. The van der Waals surface area contributed by atoms with Crippen molar-refractivity contribution in [1.82, 2.24) is 14.9 Å². The monoisotopic (exact) mass is 359 g/mol. The Morgan fingerprint density at radius 1 is 1.32 bits per heavy atom. The second-order valence-electron chi connectivity index (χ2n) is 6.23. The van der Waals surface area contributed by atoms with Gasteiger partial charge in [0, 0.05) is 18.5 Å². The number of rotatable bonds is 5. The average molecular weight is 359 g/mol. The number of benzene rings is 1. The van der Waals surface area contributed by atoms with Crippen LogP contribution < -0.4 is 15.6 Å². The Hall–Kier alpha value is -2.28. The van der Waals surface area contributed by atoms with Gasteiger partial charge in [0.05, 0.1) is 13.2 Å². The molecular formula is C18H21N3O3S. The molecule has 1 unspecified atom stereocenters. The molecule has 1 aliphatic rings. The van der Waals surface area contributed by atoms with Gasteiger partial charge >= 0.3 is 0 Å². The van der Waals surface area contributed by atoms with E-state index in [1.807, 2.05) is 38.1 Å². The molecule has 0 saturated carbocycles. The molecule has 1 aliphatic heterocycles. The Morgan fingerprint density at radius 3 is 2.68 bits per heavy atom. The summed E-state index contributed by atoms with van der Waals surface area (Å²) in [6, 6.07) is 7.37. The van der Waals surface area contributed by atoms with Crippen molar-refractivity contribution in [3.8, 4) is 5.75 Å². The summed E-state index contributed by atoms with van der Waals surface area (Å²) < 4.78 is 6.74. The van der Waals surface area contributed by atoms with E-state index in [1.54, 1.807) is 11.7 Å². The predicted octanol–water partition coefficient (Wildman–Crippen LogP) is 2.48. The van der Waals surface area contributed by atoms with Gasteiger partial charge in [-0.2, -0.15) is 0 Å². The van der Waals surface area contributed by atoms with Crippen LogP contribution >= 0.6 is 11.8 Å². The molecule has 0 aliphatic carbocycles. The van der Waals surface area contributed by atoms with E-state index < -0.39 is 0 Å². The Kier molecular flexibility index (Phi) is 5.13. The van der Waals surface area contributed by atoms with Crippen LogP contribution in [0.2, 0.25) is 0 Å². The molecule has 0 saturated heterocycles. The summed E-state index contributed by atoms with van der Waals surface area (Å²) >= 11 is 1.53. The molecule has 0 fully saturated rings. The number of nitrogens with one attached hydrogen (secondary N) is 1. The maximum absolute atomic E-state index is 12.7. The van der Waals surface area contributed by atoms with Crippen LogP contribution in [0, 0.1) is 5.92 Å². The molecule has 1 N–H and O–H groups in total. The summed E-state index contributed by atoms with van der Waals surface area (Å²) in [4.78, 5) is 29.4. The lowest BCUT2D eigenvalue weighted by atomic mass is 9.95. The number of nitrogens with zero attached hydrogens (tertiary/aromatic N) is 2. The standard InChI is InChI=1S/C18H21N3O3S/c1-11(2)15(12-4-6-13(24-3)7-5-12)20-16(22)14-10-19-18-21(17(14)23)8-9-25-18/h4-7,10-11,15H,8-9H2,1-3H3,(H,20,22). The highest BCUT2D eigenvalue weighted by Gasteiger charge is 2.24.